The highest BCUT2D eigenvalue weighted by molar-refractivity contribution is 7.88. The molecule has 1 aromatic rings. The van der Waals surface area contributed by atoms with E-state index in [0.29, 0.717) is 24.5 Å². The van der Waals surface area contributed by atoms with E-state index in [1.54, 1.807) is 17.9 Å². The number of hydrogen-bond donors (Lipinski definition) is 1. The Labute approximate surface area is 123 Å². The molecule has 1 amide bonds. The number of hydrogen-bond acceptors (Lipinski definition) is 5. The molecule has 0 bridgehead atoms. The standard InChI is InChI=1S/C13H19N3O4S/c1-9-5-11(14-20-9)12(17)16-4-3-13(8-16)6-10(7-13)15-21(2,18)19/h5,10,15H,3-4,6-8H2,1-2H3. The molecule has 21 heavy (non-hydrogen) atoms. The van der Waals surface area contributed by atoms with Crippen LogP contribution in [0.5, 0.6) is 0 Å². The zero-order valence-corrected chi connectivity index (χ0v) is 12.9. The number of sulfonamides is 1. The van der Waals surface area contributed by atoms with Crippen LogP contribution in [0.2, 0.25) is 0 Å². The van der Waals surface area contributed by atoms with Crippen LogP contribution in [-0.2, 0) is 10.0 Å². The van der Waals surface area contributed by atoms with Gasteiger partial charge >= 0.3 is 0 Å². The van der Waals surface area contributed by atoms with Crippen molar-refractivity contribution in [1.29, 1.82) is 0 Å². The summed E-state index contributed by atoms with van der Waals surface area (Å²) in [5, 5.41) is 3.76. The second kappa shape index (κ2) is 4.81. The van der Waals surface area contributed by atoms with Gasteiger partial charge in [-0.2, -0.15) is 0 Å². The third-order valence-electron chi connectivity index (χ3n) is 4.31. The molecule has 0 aromatic carbocycles. The summed E-state index contributed by atoms with van der Waals surface area (Å²) in [5.74, 6) is 0.511. The Morgan fingerprint density at radius 2 is 2.24 bits per heavy atom. The monoisotopic (exact) mass is 313 g/mol. The molecule has 8 heteroatoms. The van der Waals surface area contributed by atoms with Gasteiger partial charge in [-0.25, -0.2) is 13.1 Å². The topological polar surface area (TPSA) is 92.5 Å². The maximum absolute atomic E-state index is 12.3. The normalized spacial score (nSPS) is 28.9. The molecular formula is C13H19N3O4S. The average Bonchev–Trinajstić information content (AvgIpc) is 2.92. The van der Waals surface area contributed by atoms with Gasteiger partial charge in [0.15, 0.2) is 5.69 Å². The third-order valence-corrected chi connectivity index (χ3v) is 5.07. The summed E-state index contributed by atoms with van der Waals surface area (Å²) in [4.78, 5) is 14.1. The van der Waals surface area contributed by atoms with Crippen molar-refractivity contribution in [3.8, 4) is 0 Å². The molecule has 1 aliphatic heterocycles. The Morgan fingerprint density at radius 3 is 2.81 bits per heavy atom. The molecule has 3 rings (SSSR count). The fraction of sp³-hybridized carbons (Fsp3) is 0.692. The van der Waals surface area contributed by atoms with Crippen LogP contribution < -0.4 is 4.72 Å². The highest BCUT2D eigenvalue weighted by atomic mass is 32.2. The Balaban J connectivity index is 1.58. The number of nitrogens with zero attached hydrogens (tertiary/aromatic N) is 2. The summed E-state index contributed by atoms with van der Waals surface area (Å²) in [6.07, 6.45) is 3.68. The summed E-state index contributed by atoms with van der Waals surface area (Å²) in [5.41, 5.74) is 0.409. The molecule has 2 heterocycles. The van der Waals surface area contributed by atoms with E-state index in [1.165, 1.54) is 6.26 Å². The molecule has 1 spiro atoms. The van der Waals surface area contributed by atoms with E-state index in [9.17, 15) is 13.2 Å². The number of rotatable bonds is 3. The molecule has 0 unspecified atom stereocenters. The summed E-state index contributed by atoms with van der Waals surface area (Å²) in [6.45, 7) is 3.11. The van der Waals surface area contributed by atoms with Gasteiger partial charge in [0.2, 0.25) is 10.0 Å². The van der Waals surface area contributed by atoms with Gasteiger partial charge in [-0.1, -0.05) is 5.16 Å². The van der Waals surface area contributed by atoms with Crippen LogP contribution in [0.1, 0.15) is 35.5 Å². The van der Waals surface area contributed by atoms with Gasteiger partial charge < -0.3 is 9.42 Å². The van der Waals surface area contributed by atoms with Crippen molar-refractivity contribution in [2.24, 2.45) is 5.41 Å². The summed E-state index contributed by atoms with van der Waals surface area (Å²) in [7, 11) is -3.15. The molecule has 1 saturated heterocycles. The van der Waals surface area contributed by atoms with Gasteiger partial charge in [-0.3, -0.25) is 4.79 Å². The molecule has 0 radical (unpaired) electrons. The molecular weight excluding hydrogens is 294 g/mol. The maximum Gasteiger partial charge on any atom is 0.276 e. The Kier molecular flexibility index (Phi) is 3.32. The molecule has 1 aromatic heterocycles. The first-order chi connectivity index (χ1) is 9.76. The van der Waals surface area contributed by atoms with E-state index in [4.69, 9.17) is 4.52 Å². The minimum Gasteiger partial charge on any atom is -0.361 e. The van der Waals surface area contributed by atoms with Crippen molar-refractivity contribution in [3.05, 3.63) is 17.5 Å². The fourth-order valence-corrected chi connectivity index (χ4v) is 4.21. The Morgan fingerprint density at radius 1 is 1.52 bits per heavy atom. The molecule has 2 fully saturated rings. The van der Waals surface area contributed by atoms with Crippen LogP contribution in [-0.4, -0.2) is 49.8 Å². The molecule has 1 N–H and O–H groups in total. The van der Waals surface area contributed by atoms with Crippen molar-refractivity contribution in [3.63, 3.8) is 0 Å². The zero-order chi connectivity index (χ0) is 15.3. The van der Waals surface area contributed by atoms with E-state index in [-0.39, 0.29) is 17.4 Å². The van der Waals surface area contributed by atoms with Gasteiger partial charge in [-0.05, 0) is 31.6 Å². The number of nitrogens with one attached hydrogen (secondary N) is 1. The van der Waals surface area contributed by atoms with Crippen molar-refractivity contribution in [1.82, 2.24) is 14.8 Å². The number of amides is 1. The van der Waals surface area contributed by atoms with Crippen molar-refractivity contribution >= 4 is 15.9 Å². The number of aryl methyl sites for hydroxylation is 1. The number of likely N-dealkylation sites (tertiary alicyclic amines) is 1. The quantitative estimate of drug-likeness (QED) is 0.878. The van der Waals surface area contributed by atoms with Crippen LogP contribution in [0.25, 0.3) is 0 Å². The minimum atomic E-state index is -3.15. The van der Waals surface area contributed by atoms with Crippen molar-refractivity contribution < 1.29 is 17.7 Å². The predicted octanol–water partition coefficient (Wildman–Crippen LogP) is 0.527. The number of aromatic nitrogens is 1. The van der Waals surface area contributed by atoms with Crippen molar-refractivity contribution in [2.75, 3.05) is 19.3 Å². The fourth-order valence-electron chi connectivity index (χ4n) is 3.44. The zero-order valence-electron chi connectivity index (χ0n) is 12.1. The van der Waals surface area contributed by atoms with Crippen molar-refractivity contribution in [2.45, 2.75) is 32.2 Å². The van der Waals surface area contributed by atoms with Crippen LogP contribution in [0.3, 0.4) is 0 Å². The highest BCUT2D eigenvalue weighted by Gasteiger charge is 2.50. The summed E-state index contributed by atoms with van der Waals surface area (Å²) < 4.78 is 30.0. The first-order valence-electron chi connectivity index (χ1n) is 6.96. The minimum absolute atomic E-state index is 0.00402. The summed E-state index contributed by atoms with van der Waals surface area (Å²) in [6, 6.07) is 1.65. The molecule has 1 aliphatic carbocycles. The number of carbonyl (C=O) groups excluding carboxylic acids is 1. The molecule has 2 aliphatic rings. The molecule has 1 saturated carbocycles. The lowest BCUT2D eigenvalue weighted by Gasteiger charge is -2.44. The van der Waals surface area contributed by atoms with Gasteiger partial charge in [0, 0.05) is 25.2 Å². The van der Waals surface area contributed by atoms with Gasteiger partial charge in [0.25, 0.3) is 5.91 Å². The van der Waals surface area contributed by atoms with Crippen LogP contribution in [0, 0.1) is 12.3 Å². The van der Waals surface area contributed by atoms with Crippen LogP contribution >= 0.6 is 0 Å². The van der Waals surface area contributed by atoms with Crippen LogP contribution in [0.15, 0.2) is 10.6 Å². The maximum atomic E-state index is 12.3. The first-order valence-corrected chi connectivity index (χ1v) is 8.85. The van der Waals surface area contributed by atoms with E-state index < -0.39 is 10.0 Å². The van der Waals surface area contributed by atoms with E-state index in [1.807, 2.05) is 0 Å². The lowest BCUT2D eigenvalue weighted by atomic mass is 9.65. The largest absolute Gasteiger partial charge is 0.361 e. The molecule has 116 valence electrons. The highest BCUT2D eigenvalue weighted by Crippen LogP contribution is 2.48. The van der Waals surface area contributed by atoms with Gasteiger partial charge in [0.05, 0.1) is 6.26 Å². The van der Waals surface area contributed by atoms with E-state index in [0.717, 1.165) is 19.3 Å². The Hall–Kier alpha value is -1.41. The lowest BCUT2D eigenvalue weighted by Crippen LogP contribution is -2.51. The average molecular weight is 313 g/mol. The summed E-state index contributed by atoms with van der Waals surface area (Å²) >= 11 is 0. The first kappa shape index (κ1) is 14.5. The molecule has 0 atom stereocenters. The predicted molar refractivity (Wildman–Crippen MR) is 75.2 cm³/mol. The lowest BCUT2D eigenvalue weighted by molar-refractivity contribution is 0.0679. The second-order valence-electron chi connectivity index (χ2n) is 6.29. The Bertz CT molecular complexity index is 661. The number of carbonyl (C=O) groups is 1. The van der Waals surface area contributed by atoms with Gasteiger partial charge in [0.1, 0.15) is 5.76 Å². The smallest absolute Gasteiger partial charge is 0.276 e. The van der Waals surface area contributed by atoms with Gasteiger partial charge in [-0.15, -0.1) is 0 Å². The second-order valence-corrected chi connectivity index (χ2v) is 8.07. The molecule has 7 nitrogen and oxygen atoms in total. The van der Waals surface area contributed by atoms with Crippen LogP contribution in [0.4, 0.5) is 0 Å². The third kappa shape index (κ3) is 2.96. The van der Waals surface area contributed by atoms with E-state index >= 15 is 0 Å². The SMILES string of the molecule is Cc1cc(C(=O)N2CCC3(CC(NS(C)(=O)=O)C3)C2)no1. The van der Waals surface area contributed by atoms with E-state index in [2.05, 4.69) is 9.88 Å².